The molecule has 9 heteroatoms. The van der Waals surface area contributed by atoms with Crippen molar-refractivity contribution >= 4 is 22.0 Å². The molecule has 1 aliphatic rings. The van der Waals surface area contributed by atoms with Gasteiger partial charge in [-0.15, -0.1) is 0 Å². The summed E-state index contributed by atoms with van der Waals surface area (Å²) in [7, 11) is -3.78. The van der Waals surface area contributed by atoms with Crippen LogP contribution in [0.3, 0.4) is 0 Å². The minimum atomic E-state index is -3.78. The number of rotatable bonds is 7. The zero-order valence-corrected chi connectivity index (χ0v) is 17.7. The first kappa shape index (κ1) is 22.2. The normalized spacial score (nSPS) is 17.4. The van der Waals surface area contributed by atoms with Gasteiger partial charge in [-0.25, -0.2) is 13.2 Å². The topological polar surface area (TPSA) is 105 Å². The Hall–Kier alpha value is -2.13. The second kappa shape index (κ2) is 9.38. The Labute approximate surface area is 166 Å². The first-order valence-electron chi connectivity index (χ1n) is 9.46. The summed E-state index contributed by atoms with van der Waals surface area (Å²) in [6.07, 6.45) is 0.551. The summed E-state index contributed by atoms with van der Waals surface area (Å²) in [5.74, 6) is -0.353. The van der Waals surface area contributed by atoms with E-state index >= 15 is 0 Å². The molecule has 1 aliphatic heterocycles. The van der Waals surface area contributed by atoms with Crippen LogP contribution in [0.25, 0.3) is 0 Å². The van der Waals surface area contributed by atoms with E-state index < -0.39 is 22.2 Å². The van der Waals surface area contributed by atoms with Crippen LogP contribution in [0.2, 0.25) is 0 Å². The van der Waals surface area contributed by atoms with Crippen molar-refractivity contribution in [3.8, 4) is 0 Å². The molecule has 1 aromatic rings. The van der Waals surface area contributed by atoms with E-state index in [1.165, 1.54) is 4.31 Å². The summed E-state index contributed by atoms with van der Waals surface area (Å²) in [6, 6.07) is 2.94. The number of benzene rings is 1. The molecule has 0 bridgehead atoms. The first-order valence-corrected chi connectivity index (χ1v) is 10.9. The molecule has 1 unspecified atom stereocenters. The Morgan fingerprint density at radius 1 is 1.14 bits per heavy atom. The lowest BCUT2D eigenvalue weighted by molar-refractivity contribution is -0.124. The van der Waals surface area contributed by atoms with Crippen molar-refractivity contribution in [3.05, 3.63) is 28.8 Å². The van der Waals surface area contributed by atoms with Gasteiger partial charge in [-0.3, -0.25) is 4.79 Å². The van der Waals surface area contributed by atoms with Gasteiger partial charge in [-0.05, 0) is 51.7 Å². The van der Waals surface area contributed by atoms with E-state index in [9.17, 15) is 18.0 Å². The lowest BCUT2D eigenvalue weighted by Gasteiger charge is -2.25. The van der Waals surface area contributed by atoms with Crippen LogP contribution in [0.5, 0.6) is 0 Å². The molecule has 1 atom stereocenters. The zero-order chi connectivity index (χ0) is 20.9. The zero-order valence-electron chi connectivity index (χ0n) is 16.9. The number of nitrogens with zero attached hydrogens (tertiary/aromatic N) is 1. The molecule has 0 radical (unpaired) electrons. The maximum absolute atomic E-state index is 13.3. The molecule has 1 heterocycles. The number of aryl methyl sites for hydroxylation is 3. The van der Waals surface area contributed by atoms with E-state index in [-0.39, 0.29) is 30.5 Å². The molecule has 2 rings (SSSR count). The number of amides is 2. The predicted molar refractivity (Wildman–Crippen MR) is 106 cm³/mol. The van der Waals surface area contributed by atoms with Crippen molar-refractivity contribution in [2.24, 2.45) is 0 Å². The van der Waals surface area contributed by atoms with E-state index in [0.29, 0.717) is 30.5 Å². The largest absolute Gasteiger partial charge is 0.450 e. The second-order valence-electron chi connectivity index (χ2n) is 6.94. The number of hydrogen-bond donors (Lipinski definition) is 2. The highest BCUT2D eigenvalue weighted by Crippen LogP contribution is 2.30. The third-order valence-electron chi connectivity index (χ3n) is 4.65. The molecule has 8 nitrogen and oxygen atoms in total. The highest BCUT2D eigenvalue weighted by molar-refractivity contribution is 7.89. The van der Waals surface area contributed by atoms with Crippen molar-refractivity contribution in [1.29, 1.82) is 0 Å². The van der Waals surface area contributed by atoms with Crippen molar-refractivity contribution in [2.75, 3.05) is 26.2 Å². The fourth-order valence-electron chi connectivity index (χ4n) is 3.63. The molecule has 0 aliphatic carbocycles. The van der Waals surface area contributed by atoms with Crippen molar-refractivity contribution < 1.29 is 22.7 Å². The number of ether oxygens (including phenoxy) is 1. The molecule has 1 saturated heterocycles. The summed E-state index contributed by atoms with van der Waals surface area (Å²) >= 11 is 0. The average Bonchev–Trinajstić information content (AvgIpc) is 3.08. The van der Waals surface area contributed by atoms with Gasteiger partial charge in [0, 0.05) is 19.6 Å². The van der Waals surface area contributed by atoms with Gasteiger partial charge >= 0.3 is 6.09 Å². The molecule has 2 N–H and O–H groups in total. The van der Waals surface area contributed by atoms with Gasteiger partial charge in [0.05, 0.1) is 11.5 Å². The van der Waals surface area contributed by atoms with Gasteiger partial charge in [-0.1, -0.05) is 17.7 Å². The van der Waals surface area contributed by atoms with E-state index in [0.717, 1.165) is 5.56 Å². The molecule has 156 valence electrons. The van der Waals surface area contributed by atoms with Crippen LogP contribution in [0.15, 0.2) is 17.0 Å². The molecule has 1 aromatic carbocycles. The standard InChI is InChI=1S/C19H29N3O5S/c1-5-27-19(24)21-9-8-20-18(23)16-7-6-10-22(16)28(25,26)17-14(3)11-13(2)12-15(17)4/h11-12,16H,5-10H2,1-4H3,(H,20,23)(H,21,24). The number of carbonyl (C=O) groups is 2. The lowest BCUT2D eigenvalue weighted by Crippen LogP contribution is -2.47. The smallest absolute Gasteiger partial charge is 0.407 e. The highest BCUT2D eigenvalue weighted by atomic mass is 32.2. The Balaban J connectivity index is 2.07. The molecule has 0 spiro atoms. The fraction of sp³-hybridized carbons (Fsp3) is 0.579. The van der Waals surface area contributed by atoms with Crippen LogP contribution < -0.4 is 10.6 Å². The molecule has 0 aromatic heterocycles. The van der Waals surface area contributed by atoms with Crippen LogP contribution in [0, 0.1) is 20.8 Å². The Morgan fingerprint density at radius 2 is 1.75 bits per heavy atom. The predicted octanol–water partition coefficient (Wildman–Crippen LogP) is 1.63. The summed E-state index contributed by atoms with van der Waals surface area (Å²) in [4.78, 5) is 24.1. The molecule has 0 saturated carbocycles. The first-order chi connectivity index (χ1) is 13.2. The van der Waals surface area contributed by atoms with Crippen molar-refractivity contribution in [1.82, 2.24) is 14.9 Å². The summed E-state index contributed by atoms with van der Waals surface area (Å²) in [6.45, 7) is 8.17. The van der Waals surface area contributed by atoms with Gasteiger partial charge < -0.3 is 15.4 Å². The van der Waals surface area contributed by atoms with Crippen LogP contribution in [-0.2, 0) is 19.6 Å². The number of sulfonamides is 1. The minimum Gasteiger partial charge on any atom is -0.450 e. The number of alkyl carbamates (subject to hydrolysis) is 1. The SMILES string of the molecule is CCOC(=O)NCCNC(=O)C1CCCN1S(=O)(=O)c1c(C)cc(C)cc1C. The Morgan fingerprint density at radius 3 is 2.36 bits per heavy atom. The quantitative estimate of drug-likeness (QED) is 0.664. The third-order valence-corrected chi connectivity index (χ3v) is 6.86. The molecular formula is C19H29N3O5S. The lowest BCUT2D eigenvalue weighted by atomic mass is 10.1. The van der Waals surface area contributed by atoms with Crippen LogP contribution >= 0.6 is 0 Å². The van der Waals surface area contributed by atoms with Crippen LogP contribution in [0.1, 0.15) is 36.5 Å². The molecule has 28 heavy (non-hydrogen) atoms. The van der Waals surface area contributed by atoms with Gasteiger partial charge in [0.15, 0.2) is 0 Å². The van der Waals surface area contributed by atoms with Gasteiger partial charge in [0.25, 0.3) is 0 Å². The van der Waals surface area contributed by atoms with Gasteiger partial charge in [0.2, 0.25) is 15.9 Å². The fourth-order valence-corrected chi connectivity index (χ4v) is 5.70. The third kappa shape index (κ3) is 5.02. The van der Waals surface area contributed by atoms with E-state index in [1.54, 1.807) is 20.8 Å². The van der Waals surface area contributed by atoms with Gasteiger partial charge in [-0.2, -0.15) is 4.31 Å². The maximum Gasteiger partial charge on any atom is 0.407 e. The number of carbonyl (C=O) groups excluding carboxylic acids is 2. The number of nitrogens with one attached hydrogen (secondary N) is 2. The average molecular weight is 412 g/mol. The summed E-state index contributed by atoms with van der Waals surface area (Å²) in [5.41, 5.74) is 2.36. The van der Waals surface area contributed by atoms with E-state index in [4.69, 9.17) is 4.74 Å². The molecule has 2 amide bonds. The van der Waals surface area contributed by atoms with Crippen molar-refractivity contribution in [2.45, 2.75) is 51.5 Å². The van der Waals surface area contributed by atoms with Crippen LogP contribution in [-0.4, -0.2) is 57.0 Å². The van der Waals surface area contributed by atoms with E-state index in [2.05, 4.69) is 10.6 Å². The maximum atomic E-state index is 13.3. The summed E-state index contributed by atoms with van der Waals surface area (Å²) in [5, 5.41) is 5.21. The molecular weight excluding hydrogens is 382 g/mol. The minimum absolute atomic E-state index is 0.199. The van der Waals surface area contributed by atoms with Gasteiger partial charge in [0.1, 0.15) is 6.04 Å². The summed E-state index contributed by atoms with van der Waals surface area (Å²) < 4.78 is 32.6. The number of hydrogen-bond acceptors (Lipinski definition) is 5. The highest BCUT2D eigenvalue weighted by Gasteiger charge is 2.40. The monoisotopic (exact) mass is 411 g/mol. The molecule has 1 fully saturated rings. The second-order valence-corrected chi connectivity index (χ2v) is 8.77. The Kier molecular flexibility index (Phi) is 7.42. The van der Waals surface area contributed by atoms with E-state index in [1.807, 2.05) is 19.1 Å². The Bertz CT molecular complexity index is 815. The van der Waals surface area contributed by atoms with Crippen molar-refractivity contribution in [3.63, 3.8) is 0 Å². The van der Waals surface area contributed by atoms with Crippen LogP contribution in [0.4, 0.5) is 4.79 Å².